The van der Waals surface area contributed by atoms with Gasteiger partial charge in [-0.3, -0.25) is 4.79 Å². The van der Waals surface area contributed by atoms with Crippen molar-refractivity contribution in [2.45, 2.75) is 58.2 Å². The number of hydrogen-bond acceptors (Lipinski definition) is 9. The first kappa shape index (κ1) is 26.4. The minimum Gasteiger partial charge on any atom is -0.469 e. The van der Waals surface area contributed by atoms with E-state index in [1.54, 1.807) is 39.0 Å². The summed E-state index contributed by atoms with van der Waals surface area (Å²) in [7, 11) is 2.48. The number of nitrogens with one attached hydrogen (secondary N) is 2. The Morgan fingerprint density at radius 1 is 1.10 bits per heavy atom. The third-order valence-corrected chi connectivity index (χ3v) is 4.23. The second kappa shape index (κ2) is 12.9. The van der Waals surface area contributed by atoms with E-state index in [1.807, 2.05) is 0 Å². The number of esters is 3. The average molecular weight is 439 g/mol. The lowest BCUT2D eigenvalue weighted by molar-refractivity contribution is -0.148. The number of methoxy groups -OCH3 is 2. The highest BCUT2D eigenvalue weighted by atomic mass is 16.6. The van der Waals surface area contributed by atoms with Gasteiger partial charge in [0, 0.05) is 18.8 Å². The van der Waals surface area contributed by atoms with Crippen molar-refractivity contribution in [3.05, 3.63) is 29.3 Å². The van der Waals surface area contributed by atoms with Gasteiger partial charge in [-0.2, -0.15) is 0 Å². The lowest BCUT2D eigenvalue weighted by Crippen LogP contribution is -2.34. The van der Waals surface area contributed by atoms with Crippen LogP contribution in [0.2, 0.25) is 0 Å². The first-order valence-corrected chi connectivity index (χ1v) is 10.2. The number of carbonyl (C=O) groups is 3. The molecule has 9 nitrogen and oxygen atoms in total. The number of ether oxygens (including phenoxy) is 3. The van der Waals surface area contributed by atoms with Crippen LogP contribution in [-0.4, -0.2) is 62.0 Å². The Balaban J connectivity index is 3.12. The number of aliphatic hydroxyl groups is 1. The fourth-order valence-electron chi connectivity index (χ4n) is 2.70. The highest BCUT2D eigenvalue weighted by Crippen LogP contribution is 2.22. The molecule has 31 heavy (non-hydrogen) atoms. The number of carbonyl (C=O) groups excluding carboxylic acids is 3. The van der Waals surface area contributed by atoms with Crippen molar-refractivity contribution in [3.8, 4) is 0 Å². The van der Waals surface area contributed by atoms with Crippen LogP contribution in [0.5, 0.6) is 0 Å². The first-order chi connectivity index (χ1) is 14.6. The summed E-state index contributed by atoms with van der Waals surface area (Å²) in [6, 6.07) is 4.00. The minimum absolute atomic E-state index is 0.122. The maximum atomic E-state index is 12.5. The number of aliphatic hydroxyl groups excluding tert-OH is 1. The monoisotopic (exact) mass is 438 g/mol. The molecule has 0 radical (unpaired) electrons. The van der Waals surface area contributed by atoms with E-state index in [0.29, 0.717) is 36.3 Å². The molecule has 0 fully saturated rings. The maximum absolute atomic E-state index is 12.5. The van der Waals surface area contributed by atoms with Crippen molar-refractivity contribution in [1.29, 1.82) is 0 Å². The zero-order valence-electron chi connectivity index (χ0n) is 18.9. The quantitative estimate of drug-likeness (QED) is 0.255. The minimum atomic E-state index is -0.946. The molecule has 0 aliphatic heterocycles. The summed E-state index contributed by atoms with van der Waals surface area (Å²) in [6.07, 6.45) is 1.26. The summed E-state index contributed by atoms with van der Waals surface area (Å²) in [4.78, 5) is 36.3. The van der Waals surface area contributed by atoms with Crippen LogP contribution in [0.1, 0.15) is 56.0 Å². The molecule has 1 aromatic rings. The van der Waals surface area contributed by atoms with Crippen LogP contribution in [-0.2, 0) is 30.3 Å². The number of unbranched alkanes of at least 4 members (excludes halogenated alkanes) is 1. The molecule has 0 aliphatic carbocycles. The third kappa shape index (κ3) is 9.80. The van der Waals surface area contributed by atoms with Gasteiger partial charge in [-0.1, -0.05) is 0 Å². The van der Waals surface area contributed by atoms with Crippen LogP contribution >= 0.6 is 0 Å². The van der Waals surface area contributed by atoms with Gasteiger partial charge in [-0.15, -0.1) is 0 Å². The van der Waals surface area contributed by atoms with Crippen molar-refractivity contribution in [2.75, 3.05) is 32.7 Å². The molecule has 1 rings (SSSR count). The smallest absolute Gasteiger partial charge is 0.338 e. The second-order valence-electron chi connectivity index (χ2n) is 7.98. The molecule has 0 bridgehead atoms. The Morgan fingerprint density at radius 2 is 1.81 bits per heavy atom. The van der Waals surface area contributed by atoms with Crippen LogP contribution in [0.25, 0.3) is 0 Å². The van der Waals surface area contributed by atoms with Gasteiger partial charge in [0.2, 0.25) is 0 Å². The highest BCUT2D eigenvalue weighted by Gasteiger charge is 2.25. The Bertz CT molecular complexity index is 744. The predicted octanol–water partition coefficient (Wildman–Crippen LogP) is 2.02. The lowest BCUT2D eigenvalue weighted by atomic mass is 10.1. The highest BCUT2D eigenvalue weighted by molar-refractivity contribution is 5.91. The summed E-state index contributed by atoms with van der Waals surface area (Å²) < 4.78 is 14.9. The van der Waals surface area contributed by atoms with Crippen LogP contribution in [0.3, 0.4) is 0 Å². The molecule has 0 heterocycles. The molecule has 0 saturated heterocycles. The zero-order chi connectivity index (χ0) is 23.4. The van der Waals surface area contributed by atoms with E-state index in [2.05, 4.69) is 15.4 Å². The number of benzene rings is 1. The lowest BCUT2D eigenvalue weighted by Gasteiger charge is -2.22. The molecule has 3 N–H and O–H groups in total. The molecule has 0 aromatic heterocycles. The van der Waals surface area contributed by atoms with Gasteiger partial charge in [0.1, 0.15) is 11.6 Å². The zero-order valence-corrected chi connectivity index (χ0v) is 18.9. The maximum Gasteiger partial charge on any atom is 0.338 e. The van der Waals surface area contributed by atoms with E-state index in [0.717, 1.165) is 6.42 Å². The summed E-state index contributed by atoms with van der Waals surface area (Å²) in [5, 5.41) is 15.2. The van der Waals surface area contributed by atoms with E-state index in [-0.39, 0.29) is 13.0 Å². The van der Waals surface area contributed by atoms with Crippen LogP contribution < -0.4 is 10.6 Å². The van der Waals surface area contributed by atoms with E-state index < -0.39 is 29.6 Å². The molecule has 0 saturated carbocycles. The second-order valence-corrected chi connectivity index (χ2v) is 7.98. The van der Waals surface area contributed by atoms with Gasteiger partial charge < -0.3 is 30.0 Å². The number of hydrogen-bond donors (Lipinski definition) is 3. The van der Waals surface area contributed by atoms with Crippen molar-refractivity contribution >= 4 is 23.6 Å². The Kier molecular flexibility index (Phi) is 11.0. The molecule has 9 heteroatoms. The third-order valence-electron chi connectivity index (χ3n) is 4.23. The SMILES string of the molecule is COC(=O)C[C@H](Nc1ccc(C(=O)OC(C)(C)C)cc1CNCCCCO)C(=O)OC. The fraction of sp³-hybridized carbons (Fsp3) is 0.591. The topological polar surface area (TPSA) is 123 Å². The molecular weight excluding hydrogens is 404 g/mol. The predicted molar refractivity (Wildman–Crippen MR) is 116 cm³/mol. The molecule has 0 unspecified atom stereocenters. The Labute approximate surface area is 183 Å². The summed E-state index contributed by atoms with van der Waals surface area (Å²) in [5.74, 6) is -1.62. The van der Waals surface area contributed by atoms with Gasteiger partial charge in [0.05, 0.1) is 26.2 Å². The van der Waals surface area contributed by atoms with Gasteiger partial charge in [0.15, 0.2) is 0 Å². The van der Waals surface area contributed by atoms with Gasteiger partial charge in [0.25, 0.3) is 0 Å². The van der Waals surface area contributed by atoms with Crippen LogP contribution in [0, 0.1) is 0 Å². The van der Waals surface area contributed by atoms with Crippen LogP contribution in [0.4, 0.5) is 5.69 Å². The molecule has 0 spiro atoms. The average Bonchev–Trinajstić information content (AvgIpc) is 2.71. The number of anilines is 1. The molecule has 0 amide bonds. The normalized spacial score (nSPS) is 12.1. The van der Waals surface area contributed by atoms with Crippen molar-refractivity contribution in [3.63, 3.8) is 0 Å². The Morgan fingerprint density at radius 3 is 2.39 bits per heavy atom. The van der Waals surface area contributed by atoms with Crippen LogP contribution in [0.15, 0.2) is 18.2 Å². The van der Waals surface area contributed by atoms with E-state index in [4.69, 9.17) is 14.6 Å². The Hall–Kier alpha value is -2.65. The fourth-order valence-corrected chi connectivity index (χ4v) is 2.70. The standard InChI is InChI=1S/C22H34N2O7/c1-22(2,3)31-20(27)15-8-9-17(16(12-15)14-23-10-6-7-11-25)24-18(21(28)30-5)13-19(26)29-4/h8-9,12,18,23-25H,6-7,10-11,13-14H2,1-5H3/t18-/m0/s1. The molecule has 174 valence electrons. The van der Waals surface area contributed by atoms with E-state index >= 15 is 0 Å². The molecule has 1 aromatic carbocycles. The summed E-state index contributed by atoms with van der Waals surface area (Å²) in [6.45, 7) is 6.56. The molecule has 1 atom stereocenters. The number of rotatable bonds is 12. The van der Waals surface area contributed by atoms with Crippen molar-refractivity contribution in [2.24, 2.45) is 0 Å². The molecular formula is C22H34N2O7. The van der Waals surface area contributed by atoms with E-state index in [9.17, 15) is 14.4 Å². The largest absolute Gasteiger partial charge is 0.469 e. The summed E-state index contributed by atoms with van der Waals surface area (Å²) in [5.41, 5.74) is 1.02. The molecule has 0 aliphatic rings. The van der Waals surface area contributed by atoms with Gasteiger partial charge in [-0.25, -0.2) is 9.59 Å². The van der Waals surface area contributed by atoms with E-state index in [1.165, 1.54) is 14.2 Å². The van der Waals surface area contributed by atoms with Crippen molar-refractivity contribution < 1.29 is 33.7 Å². The van der Waals surface area contributed by atoms with Gasteiger partial charge in [-0.05, 0) is 63.9 Å². The summed E-state index contributed by atoms with van der Waals surface area (Å²) >= 11 is 0. The first-order valence-electron chi connectivity index (χ1n) is 10.2. The van der Waals surface area contributed by atoms with Gasteiger partial charge >= 0.3 is 17.9 Å². The van der Waals surface area contributed by atoms with Crippen molar-refractivity contribution in [1.82, 2.24) is 5.32 Å².